The quantitative estimate of drug-likeness (QED) is 0.757. The number of carboxylic acids is 1. The third-order valence-corrected chi connectivity index (χ3v) is 4.74. The molecule has 1 aromatic heterocycles. The van der Waals surface area contributed by atoms with E-state index in [0.29, 0.717) is 17.7 Å². The molecule has 0 spiro atoms. The molecule has 1 N–H and O–H groups in total. The van der Waals surface area contributed by atoms with Gasteiger partial charge in [0.05, 0.1) is 22.8 Å². The van der Waals surface area contributed by atoms with Gasteiger partial charge in [0.2, 0.25) is 0 Å². The van der Waals surface area contributed by atoms with Crippen molar-refractivity contribution in [3.63, 3.8) is 0 Å². The van der Waals surface area contributed by atoms with E-state index in [0.717, 1.165) is 28.1 Å². The van der Waals surface area contributed by atoms with Crippen molar-refractivity contribution in [3.8, 4) is 23.3 Å². The highest BCUT2D eigenvalue weighted by Crippen LogP contribution is 2.32. The van der Waals surface area contributed by atoms with Crippen LogP contribution in [0.15, 0.2) is 48.5 Å². The van der Waals surface area contributed by atoms with Crippen LogP contribution < -0.4 is 0 Å². The van der Waals surface area contributed by atoms with E-state index < -0.39 is 5.97 Å². The zero-order chi connectivity index (χ0) is 19.6. The van der Waals surface area contributed by atoms with Crippen LogP contribution in [0.2, 0.25) is 0 Å². The van der Waals surface area contributed by atoms with Gasteiger partial charge in [-0.05, 0) is 49.2 Å². The molecule has 0 saturated heterocycles. The zero-order valence-corrected chi connectivity index (χ0v) is 15.0. The normalized spacial score (nSPS) is 10.2. The van der Waals surface area contributed by atoms with E-state index in [1.807, 2.05) is 26.0 Å². The van der Waals surface area contributed by atoms with Crippen LogP contribution in [0.5, 0.6) is 0 Å². The molecule has 0 saturated carbocycles. The lowest BCUT2D eigenvalue weighted by atomic mass is 10.0. The van der Waals surface area contributed by atoms with Gasteiger partial charge in [0.15, 0.2) is 0 Å². The van der Waals surface area contributed by atoms with Crippen molar-refractivity contribution in [2.24, 2.45) is 0 Å². The summed E-state index contributed by atoms with van der Waals surface area (Å²) in [6.07, 6.45) is 0. The fraction of sp³-hybridized carbons (Fsp3) is 0.136. The molecule has 0 amide bonds. The summed E-state index contributed by atoms with van der Waals surface area (Å²) in [6, 6.07) is 18.3. The molecule has 0 aliphatic heterocycles. The van der Waals surface area contributed by atoms with Gasteiger partial charge in [0.25, 0.3) is 0 Å². The standard InChI is InChI=1S/C22H17N3O2/c1-14-20(12-24)21(18-7-3-16(11-23)4-8-18)15(2)25(14)13-17-5-9-19(10-6-17)22(26)27/h3-10H,13H2,1-2H3,(H,26,27). The molecule has 0 bridgehead atoms. The number of aromatic carboxylic acids is 1. The van der Waals surface area contributed by atoms with Crippen molar-refractivity contribution in [3.05, 3.63) is 82.2 Å². The van der Waals surface area contributed by atoms with E-state index in [9.17, 15) is 10.1 Å². The van der Waals surface area contributed by atoms with Crippen molar-refractivity contribution in [1.82, 2.24) is 4.57 Å². The molecule has 5 heteroatoms. The average molecular weight is 355 g/mol. The van der Waals surface area contributed by atoms with Crippen molar-refractivity contribution in [2.75, 3.05) is 0 Å². The molecule has 0 atom stereocenters. The van der Waals surface area contributed by atoms with Crippen LogP contribution in [0, 0.1) is 36.5 Å². The van der Waals surface area contributed by atoms with Gasteiger partial charge in [-0.2, -0.15) is 10.5 Å². The lowest BCUT2D eigenvalue weighted by molar-refractivity contribution is 0.0697. The first-order valence-corrected chi connectivity index (χ1v) is 8.38. The maximum absolute atomic E-state index is 11.0. The molecule has 27 heavy (non-hydrogen) atoms. The van der Waals surface area contributed by atoms with Gasteiger partial charge in [-0.3, -0.25) is 0 Å². The molecule has 2 aromatic carbocycles. The van der Waals surface area contributed by atoms with Crippen molar-refractivity contribution in [1.29, 1.82) is 10.5 Å². The molecule has 0 aliphatic carbocycles. The molecular formula is C22H17N3O2. The van der Waals surface area contributed by atoms with Gasteiger partial charge in [-0.1, -0.05) is 24.3 Å². The monoisotopic (exact) mass is 355 g/mol. The van der Waals surface area contributed by atoms with Crippen LogP contribution >= 0.6 is 0 Å². The number of carboxylic acid groups (broad SMARTS) is 1. The summed E-state index contributed by atoms with van der Waals surface area (Å²) >= 11 is 0. The van der Waals surface area contributed by atoms with Gasteiger partial charge in [-0.15, -0.1) is 0 Å². The largest absolute Gasteiger partial charge is 0.478 e. The van der Waals surface area contributed by atoms with E-state index in [1.54, 1.807) is 36.4 Å². The van der Waals surface area contributed by atoms with Crippen molar-refractivity contribution in [2.45, 2.75) is 20.4 Å². The number of nitriles is 2. The SMILES string of the molecule is Cc1c(C#N)c(-c2ccc(C#N)cc2)c(C)n1Cc1ccc(C(=O)O)cc1. The summed E-state index contributed by atoms with van der Waals surface area (Å²) in [5.74, 6) is -0.954. The number of hydrogen-bond acceptors (Lipinski definition) is 3. The van der Waals surface area contributed by atoms with Gasteiger partial charge in [0, 0.05) is 23.5 Å². The lowest BCUT2D eigenvalue weighted by Gasteiger charge is -2.10. The van der Waals surface area contributed by atoms with Crippen molar-refractivity contribution >= 4 is 5.97 Å². The third-order valence-electron chi connectivity index (χ3n) is 4.74. The van der Waals surface area contributed by atoms with E-state index in [-0.39, 0.29) is 5.56 Å². The smallest absolute Gasteiger partial charge is 0.335 e. The zero-order valence-electron chi connectivity index (χ0n) is 15.0. The maximum atomic E-state index is 11.0. The summed E-state index contributed by atoms with van der Waals surface area (Å²) in [7, 11) is 0. The molecule has 3 rings (SSSR count). The highest BCUT2D eigenvalue weighted by Gasteiger charge is 2.19. The molecule has 0 fully saturated rings. The maximum Gasteiger partial charge on any atom is 0.335 e. The topological polar surface area (TPSA) is 89.8 Å². The second-order valence-corrected chi connectivity index (χ2v) is 6.31. The molecular weight excluding hydrogens is 338 g/mol. The number of nitrogens with zero attached hydrogens (tertiary/aromatic N) is 3. The number of aromatic nitrogens is 1. The molecule has 1 heterocycles. The summed E-state index contributed by atoms with van der Waals surface area (Å²) in [4.78, 5) is 11.0. The summed E-state index contributed by atoms with van der Waals surface area (Å²) in [5.41, 5.74) is 5.96. The molecule has 0 radical (unpaired) electrons. The number of rotatable bonds is 4. The second kappa shape index (κ2) is 7.19. The average Bonchev–Trinajstić information content (AvgIpc) is 2.92. The summed E-state index contributed by atoms with van der Waals surface area (Å²) < 4.78 is 2.06. The fourth-order valence-electron chi connectivity index (χ4n) is 3.26. The van der Waals surface area contributed by atoms with Crippen LogP contribution in [-0.2, 0) is 6.54 Å². The van der Waals surface area contributed by atoms with E-state index in [1.165, 1.54) is 0 Å². The molecule has 0 aliphatic rings. The second-order valence-electron chi connectivity index (χ2n) is 6.31. The summed E-state index contributed by atoms with van der Waals surface area (Å²) in [6.45, 7) is 4.42. The minimum atomic E-state index is -0.954. The Bertz CT molecular complexity index is 1090. The van der Waals surface area contributed by atoms with E-state index in [2.05, 4.69) is 16.7 Å². The Balaban J connectivity index is 2.04. The van der Waals surface area contributed by atoms with Gasteiger partial charge in [-0.25, -0.2) is 4.79 Å². The molecule has 5 nitrogen and oxygen atoms in total. The first kappa shape index (κ1) is 18.0. The first-order valence-electron chi connectivity index (χ1n) is 8.38. The highest BCUT2D eigenvalue weighted by atomic mass is 16.4. The van der Waals surface area contributed by atoms with Crippen molar-refractivity contribution < 1.29 is 9.90 Å². The van der Waals surface area contributed by atoms with Gasteiger partial charge in [0.1, 0.15) is 6.07 Å². The Labute approximate surface area is 157 Å². The van der Waals surface area contributed by atoms with Gasteiger partial charge < -0.3 is 9.67 Å². The van der Waals surface area contributed by atoms with Gasteiger partial charge >= 0.3 is 5.97 Å². The van der Waals surface area contributed by atoms with Crippen LogP contribution in [0.4, 0.5) is 0 Å². The predicted octanol–water partition coefficient (Wildman–Crippen LogP) is 4.26. The van der Waals surface area contributed by atoms with Crippen LogP contribution in [-0.4, -0.2) is 15.6 Å². The van der Waals surface area contributed by atoms with Crippen LogP contribution in [0.25, 0.3) is 11.1 Å². The Morgan fingerprint density at radius 1 is 0.963 bits per heavy atom. The fourth-order valence-corrected chi connectivity index (χ4v) is 3.26. The third kappa shape index (κ3) is 3.31. The Hall–Kier alpha value is -3.83. The number of carbonyl (C=O) groups is 1. The minimum absolute atomic E-state index is 0.246. The highest BCUT2D eigenvalue weighted by molar-refractivity contribution is 5.87. The lowest BCUT2D eigenvalue weighted by Crippen LogP contribution is -2.05. The number of hydrogen-bond donors (Lipinski definition) is 1. The van der Waals surface area contributed by atoms with Crippen LogP contribution in [0.3, 0.4) is 0 Å². The van der Waals surface area contributed by atoms with Crippen LogP contribution in [0.1, 0.15) is 38.4 Å². The molecule has 0 unspecified atom stereocenters. The number of benzene rings is 2. The Morgan fingerprint density at radius 3 is 2.11 bits per heavy atom. The first-order chi connectivity index (χ1) is 13.0. The summed E-state index contributed by atoms with van der Waals surface area (Å²) in [5, 5.41) is 27.7. The molecule has 132 valence electrons. The van der Waals surface area contributed by atoms with E-state index in [4.69, 9.17) is 10.4 Å². The molecule has 3 aromatic rings. The Kier molecular flexibility index (Phi) is 4.79. The Morgan fingerprint density at radius 2 is 1.59 bits per heavy atom. The predicted molar refractivity (Wildman–Crippen MR) is 101 cm³/mol. The minimum Gasteiger partial charge on any atom is -0.478 e. The van der Waals surface area contributed by atoms with E-state index >= 15 is 0 Å².